The normalized spacial score (nSPS) is 12.1. The lowest BCUT2D eigenvalue weighted by atomic mass is 10.0. The van der Waals surface area contributed by atoms with Crippen molar-refractivity contribution in [2.24, 2.45) is 0 Å². The molecule has 0 bridgehead atoms. The minimum Gasteiger partial charge on any atom is -0.496 e. The van der Waals surface area contributed by atoms with Gasteiger partial charge in [0, 0.05) is 30.8 Å². The van der Waals surface area contributed by atoms with Crippen molar-refractivity contribution in [1.82, 2.24) is 5.32 Å². The first-order valence-electron chi connectivity index (χ1n) is 7.16. The van der Waals surface area contributed by atoms with Crippen LogP contribution in [-0.2, 0) is 11.2 Å². The molecule has 0 aliphatic carbocycles. The molecule has 1 rings (SSSR count). The maximum absolute atomic E-state index is 10.9. The van der Waals surface area contributed by atoms with Gasteiger partial charge in [0.05, 0.1) is 18.6 Å². The number of non-ortho nitro benzene ring substituents is 1. The molecule has 6 heteroatoms. The molecule has 1 atom stereocenters. The van der Waals surface area contributed by atoms with Gasteiger partial charge in [0.15, 0.2) is 0 Å². The largest absolute Gasteiger partial charge is 0.496 e. The van der Waals surface area contributed by atoms with E-state index in [1.54, 1.807) is 26.4 Å². The topological polar surface area (TPSA) is 73.6 Å². The summed E-state index contributed by atoms with van der Waals surface area (Å²) in [5.41, 5.74) is 0.946. The van der Waals surface area contributed by atoms with Gasteiger partial charge >= 0.3 is 0 Å². The maximum atomic E-state index is 10.9. The summed E-state index contributed by atoms with van der Waals surface area (Å²) in [6.45, 7) is 3.66. The molecule has 0 spiro atoms. The van der Waals surface area contributed by atoms with E-state index in [0.717, 1.165) is 24.9 Å². The Balaban J connectivity index is 2.74. The van der Waals surface area contributed by atoms with E-state index in [9.17, 15) is 10.1 Å². The Hall–Kier alpha value is -1.66. The molecule has 1 aromatic carbocycles. The molecule has 0 aliphatic heterocycles. The standard InChI is InChI=1S/C15H24N2O4/c1-4-9-16-13(11-20-2)6-5-12-10-14(17(18)19)7-8-15(12)21-3/h7-8,10,13,16H,4-6,9,11H2,1-3H3. The average Bonchev–Trinajstić information content (AvgIpc) is 2.49. The number of hydrogen-bond donors (Lipinski definition) is 1. The molecule has 0 saturated heterocycles. The van der Waals surface area contributed by atoms with Gasteiger partial charge in [-0.2, -0.15) is 0 Å². The number of nitro groups is 1. The Labute approximate surface area is 125 Å². The Kier molecular flexibility index (Phi) is 7.71. The minimum absolute atomic E-state index is 0.0932. The van der Waals surface area contributed by atoms with Crippen LogP contribution in [0.15, 0.2) is 18.2 Å². The predicted molar refractivity (Wildman–Crippen MR) is 81.9 cm³/mol. The fourth-order valence-electron chi connectivity index (χ4n) is 2.20. The molecule has 21 heavy (non-hydrogen) atoms. The van der Waals surface area contributed by atoms with Crippen LogP contribution in [0.25, 0.3) is 0 Å². The maximum Gasteiger partial charge on any atom is 0.269 e. The number of nitro benzene ring substituents is 1. The number of rotatable bonds is 10. The quantitative estimate of drug-likeness (QED) is 0.530. The molecule has 0 amide bonds. The molecule has 0 heterocycles. The fraction of sp³-hybridized carbons (Fsp3) is 0.600. The lowest BCUT2D eigenvalue weighted by molar-refractivity contribution is -0.384. The van der Waals surface area contributed by atoms with Gasteiger partial charge in [-0.1, -0.05) is 6.92 Å². The van der Waals surface area contributed by atoms with Crippen LogP contribution in [0.5, 0.6) is 5.75 Å². The zero-order valence-electron chi connectivity index (χ0n) is 12.9. The highest BCUT2D eigenvalue weighted by molar-refractivity contribution is 5.43. The lowest BCUT2D eigenvalue weighted by Gasteiger charge is -2.18. The minimum atomic E-state index is -0.384. The molecule has 0 saturated carbocycles. The summed E-state index contributed by atoms with van der Waals surface area (Å²) in [5.74, 6) is 0.687. The number of methoxy groups -OCH3 is 2. The molecule has 1 N–H and O–H groups in total. The number of aryl methyl sites for hydroxylation is 1. The first-order chi connectivity index (χ1) is 10.1. The second-order valence-electron chi connectivity index (χ2n) is 4.90. The molecular formula is C15H24N2O4. The van der Waals surface area contributed by atoms with Crippen molar-refractivity contribution in [3.8, 4) is 5.75 Å². The van der Waals surface area contributed by atoms with Gasteiger partial charge in [0.2, 0.25) is 0 Å². The van der Waals surface area contributed by atoms with Gasteiger partial charge in [-0.15, -0.1) is 0 Å². The number of hydrogen-bond acceptors (Lipinski definition) is 5. The molecule has 0 aromatic heterocycles. The summed E-state index contributed by atoms with van der Waals surface area (Å²) >= 11 is 0. The van der Waals surface area contributed by atoms with E-state index in [1.807, 2.05) is 0 Å². The van der Waals surface area contributed by atoms with Crippen molar-refractivity contribution in [3.63, 3.8) is 0 Å². The Morgan fingerprint density at radius 2 is 2.14 bits per heavy atom. The fourth-order valence-corrected chi connectivity index (χ4v) is 2.20. The second-order valence-corrected chi connectivity index (χ2v) is 4.90. The zero-order valence-corrected chi connectivity index (χ0v) is 12.9. The smallest absolute Gasteiger partial charge is 0.269 e. The summed E-state index contributed by atoms with van der Waals surface area (Å²) in [7, 11) is 3.25. The Morgan fingerprint density at radius 3 is 2.71 bits per heavy atom. The monoisotopic (exact) mass is 296 g/mol. The number of benzene rings is 1. The number of nitrogens with one attached hydrogen (secondary N) is 1. The van der Waals surface area contributed by atoms with E-state index in [1.165, 1.54) is 6.07 Å². The highest BCUT2D eigenvalue weighted by atomic mass is 16.6. The van der Waals surface area contributed by atoms with E-state index < -0.39 is 0 Å². The Bertz CT molecular complexity index is 451. The highest BCUT2D eigenvalue weighted by Crippen LogP contribution is 2.25. The van der Waals surface area contributed by atoms with Gasteiger partial charge in [-0.05, 0) is 31.9 Å². The van der Waals surface area contributed by atoms with Crippen LogP contribution in [0.1, 0.15) is 25.3 Å². The highest BCUT2D eigenvalue weighted by Gasteiger charge is 2.14. The van der Waals surface area contributed by atoms with Crippen molar-refractivity contribution >= 4 is 5.69 Å². The van der Waals surface area contributed by atoms with Crippen LogP contribution in [0.3, 0.4) is 0 Å². The van der Waals surface area contributed by atoms with Crippen LogP contribution in [-0.4, -0.2) is 38.3 Å². The van der Waals surface area contributed by atoms with Crippen molar-refractivity contribution in [2.75, 3.05) is 27.4 Å². The zero-order chi connectivity index (χ0) is 15.7. The number of ether oxygens (including phenoxy) is 2. The molecule has 1 unspecified atom stereocenters. The molecule has 0 fully saturated rings. The third kappa shape index (κ3) is 5.69. The molecule has 1 aromatic rings. The molecule has 0 radical (unpaired) electrons. The van der Waals surface area contributed by atoms with E-state index in [4.69, 9.17) is 9.47 Å². The summed E-state index contributed by atoms with van der Waals surface area (Å²) < 4.78 is 10.5. The van der Waals surface area contributed by atoms with Crippen LogP contribution in [0.2, 0.25) is 0 Å². The Morgan fingerprint density at radius 1 is 1.38 bits per heavy atom. The third-order valence-electron chi connectivity index (χ3n) is 3.29. The second kappa shape index (κ2) is 9.31. The summed E-state index contributed by atoms with van der Waals surface area (Å²) in [6.07, 6.45) is 2.60. The third-order valence-corrected chi connectivity index (χ3v) is 3.29. The number of nitrogens with zero attached hydrogens (tertiary/aromatic N) is 1. The van der Waals surface area contributed by atoms with E-state index in [2.05, 4.69) is 12.2 Å². The first kappa shape index (κ1) is 17.4. The summed E-state index contributed by atoms with van der Waals surface area (Å²) in [4.78, 5) is 10.5. The average molecular weight is 296 g/mol. The van der Waals surface area contributed by atoms with Crippen LogP contribution in [0.4, 0.5) is 5.69 Å². The van der Waals surface area contributed by atoms with Crippen LogP contribution in [0, 0.1) is 10.1 Å². The van der Waals surface area contributed by atoms with Crippen molar-refractivity contribution in [1.29, 1.82) is 0 Å². The van der Waals surface area contributed by atoms with Crippen LogP contribution < -0.4 is 10.1 Å². The predicted octanol–water partition coefficient (Wildman–Crippen LogP) is 2.55. The summed E-state index contributed by atoms with van der Waals surface area (Å²) in [5, 5.41) is 14.3. The van der Waals surface area contributed by atoms with Crippen molar-refractivity contribution in [3.05, 3.63) is 33.9 Å². The van der Waals surface area contributed by atoms with Gasteiger partial charge in [-0.3, -0.25) is 10.1 Å². The van der Waals surface area contributed by atoms with Gasteiger partial charge < -0.3 is 14.8 Å². The van der Waals surface area contributed by atoms with Crippen molar-refractivity contribution in [2.45, 2.75) is 32.2 Å². The van der Waals surface area contributed by atoms with E-state index in [0.29, 0.717) is 18.8 Å². The molecular weight excluding hydrogens is 272 g/mol. The van der Waals surface area contributed by atoms with Crippen LogP contribution >= 0.6 is 0 Å². The van der Waals surface area contributed by atoms with Gasteiger partial charge in [0.1, 0.15) is 5.75 Å². The van der Waals surface area contributed by atoms with Gasteiger partial charge in [0.25, 0.3) is 5.69 Å². The summed E-state index contributed by atoms with van der Waals surface area (Å²) in [6, 6.07) is 4.93. The molecule has 6 nitrogen and oxygen atoms in total. The van der Waals surface area contributed by atoms with Crippen molar-refractivity contribution < 1.29 is 14.4 Å². The molecule has 118 valence electrons. The SMILES string of the molecule is CCCNC(CCc1cc([N+](=O)[O-])ccc1OC)COC. The van der Waals surface area contributed by atoms with Gasteiger partial charge in [-0.25, -0.2) is 0 Å². The van der Waals surface area contributed by atoms with E-state index in [-0.39, 0.29) is 16.7 Å². The molecule has 0 aliphatic rings. The first-order valence-corrected chi connectivity index (χ1v) is 7.16. The van der Waals surface area contributed by atoms with E-state index >= 15 is 0 Å². The lowest BCUT2D eigenvalue weighted by Crippen LogP contribution is -2.34.